The molecule has 0 aliphatic carbocycles. The third kappa shape index (κ3) is 6.49. The molecule has 2 aromatic carbocycles. The van der Waals surface area contributed by atoms with Crippen LogP contribution in [0.3, 0.4) is 0 Å². The number of hydrogen-bond acceptors (Lipinski definition) is 6. The number of para-hydroxylation sites is 1. The second-order valence-electron chi connectivity index (χ2n) is 5.44. The minimum Gasteiger partial charge on any atom is -0.462 e. The predicted molar refractivity (Wildman–Crippen MR) is 95.4 cm³/mol. The number of nitrogens with two attached hydrogens (primary N) is 1. The van der Waals surface area contributed by atoms with E-state index in [0.717, 1.165) is 0 Å². The van der Waals surface area contributed by atoms with Crippen LogP contribution in [0.15, 0.2) is 54.6 Å². The van der Waals surface area contributed by atoms with Gasteiger partial charge in [0.25, 0.3) is 0 Å². The average Bonchev–Trinajstić information content (AvgIpc) is 2.56. The first-order valence-electron chi connectivity index (χ1n) is 7.71. The second-order valence-corrected chi connectivity index (χ2v) is 7.11. The highest BCUT2D eigenvalue weighted by molar-refractivity contribution is 7.52. The van der Waals surface area contributed by atoms with Gasteiger partial charge in [0.15, 0.2) is 0 Å². The normalized spacial score (nSPS) is 13.1. The van der Waals surface area contributed by atoms with E-state index >= 15 is 0 Å². The van der Waals surface area contributed by atoms with Gasteiger partial charge in [-0.25, -0.2) is 4.57 Å². The van der Waals surface area contributed by atoms with Gasteiger partial charge in [-0.1, -0.05) is 18.2 Å². The standard InChI is InChI=1S/C17H21N2O5P/c1-13(2)22-17(20)12-19-25(21,23-15-6-4-3-5-7-15)24-16-10-8-14(18)9-11-16/h3-11,13H,12,18H2,1-2H3,(H,19,21)/t25-/m1/s1. The maximum atomic E-state index is 13.0. The molecule has 25 heavy (non-hydrogen) atoms. The highest BCUT2D eigenvalue weighted by Crippen LogP contribution is 2.44. The lowest BCUT2D eigenvalue weighted by atomic mass is 10.3. The third-order valence-electron chi connectivity index (χ3n) is 2.86. The van der Waals surface area contributed by atoms with Crippen LogP contribution >= 0.6 is 7.75 Å². The molecule has 0 saturated carbocycles. The van der Waals surface area contributed by atoms with Gasteiger partial charge in [-0.15, -0.1) is 0 Å². The summed E-state index contributed by atoms with van der Waals surface area (Å²) in [5.41, 5.74) is 6.17. The number of ether oxygens (including phenoxy) is 1. The zero-order valence-electron chi connectivity index (χ0n) is 14.0. The first-order chi connectivity index (χ1) is 11.9. The fourth-order valence-corrected chi connectivity index (χ4v) is 3.12. The van der Waals surface area contributed by atoms with Gasteiger partial charge < -0.3 is 19.5 Å². The number of nitrogen functional groups attached to an aromatic ring is 1. The molecule has 2 rings (SSSR count). The van der Waals surface area contributed by atoms with Crippen LogP contribution in [0.2, 0.25) is 0 Å². The van der Waals surface area contributed by atoms with Crippen molar-refractivity contribution < 1.29 is 23.1 Å². The second kappa shape index (κ2) is 8.55. The molecule has 0 unspecified atom stereocenters. The lowest BCUT2D eigenvalue weighted by molar-refractivity contribution is -0.145. The van der Waals surface area contributed by atoms with Crippen LogP contribution in [0.1, 0.15) is 13.8 Å². The Labute approximate surface area is 146 Å². The Kier molecular flexibility index (Phi) is 6.44. The van der Waals surface area contributed by atoms with Crippen molar-refractivity contribution in [1.82, 2.24) is 5.09 Å². The topological polar surface area (TPSA) is 99.9 Å². The number of nitrogens with one attached hydrogen (secondary N) is 1. The zero-order chi connectivity index (χ0) is 18.3. The highest BCUT2D eigenvalue weighted by Gasteiger charge is 2.29. The van der Waals surface area contributed by atoms with Gasteiger partial charge in [-0.05, 0) is 50.2 Å². The Hall–Kier alpha value is -2.50. The van der Waals surface area contributed by atoms with Gasteiger partial charge in [0.2, 0.25) is 0 Å². The van der Waals surface area contributed by atoms with Crippen LogP contribution in [-0.4, -0.2) is 18.6 Å². The van der Waals surface area contributed by atoms with E-state index in [2.05, 4.69) is 5.09 Å². The maximum absolute atomic E-state index is 13.0. The molecule has 0 amide bonds. The van der Waals surface area contributed by atoms with Gasteiger partial charge in [-0.2, -0.15) is 5.09 Å². The van der Waals surface area contributed by atoms with Crippen molar-refractivity contribution in [3.8, 4) is 11.5 Å². The number of esters is 1. The molecule has 3 N–H and O–H groups in total. The van der Waals surface area contributed by atoms with Crippen molar-refractivity contribution in [1.29, 1.82) is 0 Å². The Morgan fingerprint density at radius 1 is 1.04 bits per heavy atom. The molecule has 0 spiro atoms. The largest absolute Gasteiger partial charge is 0.513 e. The van der Waals surface area contributed by atoms with Crippen LogP contribution in [0.5, 0.6) is 11.5 Å². The number of rotatable bonds is 8. The molecule has 134 valence electrons. The molecule has 2 aromatic rings. The summed E-state index contributed by atoms with van der Waals surface area (Å²) in [6.07, 6.45) is -0.276. The number of carbonyl (C=O) groups excluding carboxylic acids is 1. The Balaban J connectivity index is 2.13. The van der Waals surface area contributed by atoms with Crippen LogP contribution in [0.4, 0.5) is 5.69 Å². The Bertz CT molecular complexity index is 734. The quantitative estimate of drug-likeness (QED) is 0.421. The minimum absolute atomic E-state index is 0.276. The highest BCUT2D eigenvalue weighted by atomic mass is 31.2. The smallest absolute Gasteiger partial charge is 0.462 e. The van der Waals surface area contributed by atoms with E-state index in [9.17, 15) is 9.36 Å². The van der Waals surface area contributed by atoms with Crippen molar-refractivity contribution in [2.24, 2.45) is 0 Å². The SMILES string of the molecule is CC(C)OC(=O)CN[P@@](=O)(Oc1ccccc1)Oc1ccc(N)cc1. The van der Waals surface area contributed by atoms with Gasteiger partial charge >= 0.3 is 13.7 Å². The van der Waals surface area contributed by atoms with E-state index in [4.69, 9.17) is 19.5 Å². The van der Waals surface area contributed by atoms with Crippen molar-refractivity contribution in [2.45, 2.75) is 20.0 Å². The summed E-state index contributed by atoms with van der Waals surface area (Å²) in [7, 11) is -3.87. The first-order valence-corrected chi connectivity index (χ1v) is 9.25. The number of benzene rings is 2. The van der Waals surface area contributed by atoms with Gasteiger partial charge in [-0.3, -0.25) is 4.79 Å². The van der Waals surface area contributed by atoms with Crippen molar-refractivity contribution in [3.05, 3.63) is 54.6 Å². The number of hydrogen-bond donors (Lipinski definition) is 2. The van der Waals surface area contributed by atoms with Crippen LogP contribution in [0, 0.1) is 0 Å². The van der Waals surface area contributed by atoms with E-state index in [1.54, 1.807) is 68.4 Å². The van der Waals surface area contributed by atoms with Crippen molar-refractivity contribution in [2.75, 3.05) is 12.3 Å². The summed E-state index contributed by atoms with van der Waals surface area (Å²) < 4.78 is 29.0. The number of carbonyl (C=O) groups is 1. The molecule has 0 radical (unpaired) electrons. The lowest BCUT2D eigenvalue weighted by Crippen LogP contribution is -2.28. The Morgan fingerprint density at radius 3 is 2.16 bits per heavy atom. The molecule has 1 atom stereocenters. The molecule has 0 saturated heterocycles. The molecule has 8 heteroatoms. The molecule has 0 heterocycles. The summed E-state index contributed by atoms with van der Waals surface area (Å²) in [6.45, 7) is 3.13. The molecular weight excluding hydrogens is 343 g/mol. The fraction of sp³-hybridized carbons (Fsp3) is 0.235. The molecule has 0 fully saturated rings. The van der Waals surface area contributed by atoms with E-state index in [-0.39, 0.29) is 18.4 Å². The number of anilines is 1. The van der Waals surface area contributed by atoms with E-state index in [1.807, 2.05) is 0 Å². The van der Waals surface area contributed by atoms with Gasteiger partial charge in [0, 0.05) is 5.69 Å². The lowest BCUT2D eigenvalue weighted by Gasteiger charge is -2.20. The summed E-state index contributed by atoms with van der Waals surface area (Å²) in [6, 6.07) is 14.9. The van der Waals surface area contributed by atoms with E-state index < -0.39 is 13.7 Å². The monoisotopic (exact) mass is 364 g/mol. The van der Waals surface area contributed by atoms with Crippen molar-refractivity contribution in [3.63, 3.8) is 0 Å². The predicted octanol–water partition coefficient (Wildman–Crippen LogP) is 3.38. The summed E-state index contributed by atoms with van der Waals surface area (Å²) in [5.74, 6) is 0.0667. The average molecular weight is 364 g/mol. The molecule has 7 nitrogen and oxygen atoms in total. The third-order valence-corrected chi connectivity index (χ3v) is 4.31. The molecule has 0 aliphatic rings. The summed E-state index contributed by atoms with van der Waals surface area (Å²) >= 11 is 0. The van der Waals surface area contributed by atoms with Crippen LogP contribution in [-0.2, 0) is 14.1 Å². The van der Waals surface area contributed by atoms with Crippen LogP contribution in [0.25, 0.3) is 0 Å². The molecule has 0 aromatic heterocycles. The van der Waals surface area contributed by atoms with Crippen LogP contribution < -0.4 is 19.9 Å². The molecule has 0 aliphatic heterocycles. The summed E-state index contributed by atoms with van der Waals surface area (Å²) in [5, 5.41) is 2.52. The van der Waals surface area contributed by atoms with E-state index in [0.29, 0.717) is 11.4 Å². The zero-order valence-corrected chi connectivity index (χ0v) is 14.9. The fourth-order valence-electron chi connectivity index (χ4n) is 1.84. The maximum Gasteiger partial charge on any atom is 0.513 e. The molecular formula is C17H21N2O5P. The van der Waals surface area contributed by atoms with Gasteiger partial charge in [0.05, 0.1) is 6.10 Å². The van der Waals surface area contributed by atoms with Gasteiger partial charge in [0.1, 0.15) is 18.0 Å². The first kappa shape index (κ1) is 18.8. The molecule has 0 bridgehead atoms. The summed E-state index contributed by atoms with van der Waals surface area (Å²) in [4.78, 5) is 11.7. The van der Waals surface area contributed by atoms with Crippen molar-refractivity contribution >= 4 is 19.4 Å². The van der Waals surface area contributed by atoms with E-state index in [1.165, 1.54) is 0 Å². The minimum atomic E-state index is -3.87. The Morgan fingerprint density at radius 2 is 1.60 bits per heavy atom.